The Labute approximate surface area is 351 Å². The van der Waals surface area contributed by atoms with Gasteiger partial charge in [-0.15, -0.1) is 0 Å². The molecule has 59 heavy (non-hydrogen) atoms. The third kappa shape index (κ3) is 9.69. The van der Waals surface area contributed by atoms with Crippen LogP contribution in [0.5, 0.6) is 11.5 Å². The lowest BCUT2D eigenvalue weighted by molar-refractivity contribution is 0.104. The quantitative estimate of drug-likeness (QED) is 0.0721. The van der Waals surface area contributed by atoms with Crippen LogP contribution < -0.4 is 14.4 Å². The topological polar surface area (TPSA) is 55.8 Å². The first kappa shape index (κ1) is 41.2. The second-order valence-corrected chi connectivity index (χ2v) is 15.9. The maximum Gasteiger partial charge on any atom is 0.194 e. The fraction of sp³-hybridized carbons (Fsp3) is 0.296. The number of aldehydes is 1. The zero-order chi connectivity index (χ0) is 41.1. The lowest BCUT2D eigenvalue weighted by Gasteiger charge is -2.26. The van der Waals surface area contributed by atoms with Crippen molar-refractivity contribution in [2.24, 2.45) is 11.8 Å². The van der Waals surface area contributed by atoms with Crippen molar-refractivity contribution in [3.05, 3.63) is 150 Å². The zero-order valence-corrected chi connectivity index (χ0v) is 35.1. The smallest absolute Gasteiger partial charge is 0.194 e. The number of hydrogen-bond acceptors (Lipinski definition) is 5. The van der Waals surface area contributed by atoms with Crippen molar-refractivity contribution in [1.82, 2.24) is 0 Å². The first-order valence-electron chi connectivity index (χ1n) is 21.7. The summed E-state index contributed by atoms with van der Waals surface area (Å²) in [5.74, 6) is 2.93. The van der Waals surface area contributed by atoms with E-state index in [1.807, 2.05) is 36.4 Å². The summed E-state index contributed by atoms with van der Waals surface area (Å²) in [5.41, 5.74) is 11.0. The average Bonchev–Trinajstić information content (AvgIpc) is 3.57. The molecule has 0 saturated carbocycles. The van der Waals surface area contributed by atoms with Crippen molar-refractivity contribution < 1.29 is 19.1 Å². The summed E-state index contributed by atoms with van der Waals surface area (Å²) >= 11 is 0. The average molecular weight is 784 g/mol. The number of carbonyl (C=O) groups excluding carboxylic acids is 2. The number of fused-ring (bicyclic) bond motifs is 3. The second-order valence-electron chi connectivity index (χ2n) is 15.9. The van der Waals surface area contributed by atoms with Crippen LogP contribution >= 0.6 is 0 Å². The van der Waals surface area contributed by atoms with Gasteiger partial charge in [-0.05, 0) is 131 Å². The molecule has 6 aromatic carbocycles. The van der Waals surface area contributed by atoms with Crippen molar-refractivity contribution >= 4 is 29.1 Å². The molecule has 0 radical (unpaired) electrons. The van der Waals surface area contributed by atoms with E-state index in [0.717, 1.165) is 94.3 Å². The molecule has 7 rings (SSSR count). The summed E-state index contributed by atoms with van der Waals surface area (Å²) in [6.07, 6.45) is 10.4. The Morgan fingerprint density at radius 1 is 0.492 bits per heavy atom. The molecule has 2 atom stereocenters. The molecule has 0 heterocycles. The minimum atomic E-state index is 0.0307. The first-order valence-corrected chi connectivity index (χ1v) is 21.7. The minimum Gasteiger partial charge on any atom is -0.493 e. The number of nitrogens with zero attached hydrogens (tertiary/aromatic N) is 1. The number of ketones is 1. The van der Waals surface area contributed by atoms with Gasteiger partial charge in [-0.2, -0.15) is 0 Å². The van der Waals surface area contributed by atoms with E-state index < -0.39 is 0 Å². The number of rotatable bonds is 20. The van der Waals surface area contributed by atoms with Crippen LogP contribution in [0.4, 0.5) is 17.1 Å². The van der Waals surface area contributed by atoms with Crippen LogP contribution in [0.2, 0.25) is 0 Å². The van der Waals surface area contributed by atoms with Gasteiger partial charge in [0.05, 0.1) is 13.2 Å². The molecule has 0 aromatic heterocycles. The van der Waals surface area contributed by atoms with E-state index in [9.17, 15) is 9.59 Å². The maximum absolute atomic E-state index is 13.9. The largest absolute Gasteiger partial charge is 0.493 e. The monoisotopic (exact) mass is 783 g/mol. The predicted octanol–water partition coefficient (Wildman–Crippen LogP) is 14.7. The molecule has 1 aliphatic carbocycles. The van der Waals surface area contributed by atoms with Crippen molar-refractivity contribution in [3.8, 4) is 44.9 Å². The lowest BCUT2D eigenvalue weighted by Crippen LogP contribution is -2.12. The van der Waals surface area contributed by atoms with Crippen LogP contribution in [0, 0.1) is 11.8 Å². The highest BCUT2D eigenvalue weighted by Gasteiger charge is 2.27. The molecule has 0 N–H and O–H groups in total. The molecule has 0 aliphatic heterocycles. The highest BCUT2D eigenvalue weighted by atomic mass is 16.5. The van der Waals surface area contributed by atoms with Gasteiger partial charge in [0.15, 0.2) is 5.78 Å². The van der Waals surface area contributed by atoms with Crippen LogP contribution in [0.25, 0.3) is 33.4 Å². The Bertz CT molecular complexity index is 2250. The summed E-state index contributed by atoms with van der Waals surface area (Å²) in [6, 6.07) is 45.1. The number of unbranched alkanes of at least 4 members (excludes halogenated alkanes) is 2. The third-order valence-electron chi connectivity index (χ3n) is 11.9. The van der Waals surface area contributed by atoms with E-state index in [-0.39, 0.29) is 5.78 Å². The highest BCUT2D eigenvalue weighted by molar-refractivity contribution is 6.22. The maximum atomic E-state index is 13.9. The molecule has 5 nitrogen and oxygen atoms in total. The first-order chi connectivity index (χ1) is 28.9. The molecular formula is C54H57NO4. The Kier molecular flexibility index (Phi) is 13.7. The molecule has 0 amide bonds. The molecule has 2 unspecified atom stereocenters. The molecule has 302 valence electrons. The fourth-order valence-corrected chi connectivity index (χ4v) is 8.05. The molecule has 0 spiro atoms. The lowest BCUT2D eigenvalue weighted by atomic mass is 9.97. The number of hydrogen-bond donors (Lipinski definition) is 0. The fourth-order valence-electron chi connectivity index (χ4n) is 8.05. The number of anilines is 3. The van der Waals surface area contributed by atoms with Gasteiger partial charge < -0.3 is 14.4 Å². The van der Waals surface area contributed by atoms with E-state index in [4.69, 9.17) is 9.47 Å². The van der Waals surface area contributed by atoms with Gasteiger partial charge in [-0.3, -0.25) is 9.59 Å². The summed E-state index contributed by atoms with van der Waals surface area (Å²) < 4.78 is 12.6. The van der Waals surface area contributed by atoms with Crippen molar-refractivity contribution in [1.29, 1.82) is 0 Å². The summed E-state index contributed by atoms with van der Waals surface area (Å²) in [6.45, 7) is 10.5. The van der Waals surface area contributed by atoms with Gasteiger partial charge in [-0.25, -0.2) is 0 Å². The van der Waals surface area contributed by atoms with Crippen molar-refractivity contribution in [2.45, 2.75) is 79.1 Å². The van der Waals surface area contributed by atoms with E-state index in [2.05, 4.69) is 118 Å². The predicted molar refractivity (Wildman–Crippen MR) is 244 cm³/mol. The van der Waals surface area contributed by atoms with Gasteiger partial charge in [0, 0.05) is 33.8 Å². The SMILES string of the molecule is CCCCC(CC)COc1ccc(N(c2ccc(OCC(CC)CCCC)cc2)c2ccc(-c3ccc4c(c3)C(=O)c3cc(-c5ccc(C=O)cc5)ccc3-4)cc2)cc1. The van der Waals surface area contributed by atoms with Crippen LogP contribution in [-0.2, 0) is 0 Å². The molecule has 0 saturated heterocycles. The molecule has 0 fully saturated rings. The van der Waals surface area contributed by atoms with Gasteiger partial charge in [0.2, 0.25) is 0 Å². The van der Waals surface area contributed by atoms with Crippen molar-refractivity contribution in [2.75, 3.05) is 18.1 Å². The number of benzene rings is 6. The van der Waals surface area contributed by atoms with E-state index in [0.29, 0.717) is 28.5 Å². The van der Waals surface area contributed by atoms with Gasteiger partial charge in [0.25, 0.3) is 0 Å². The standard InChI is InChI=1S/C54H57NO4/c1-5-9-11-38(7-3)36-58-48-27-23-46(24-28-48)55(47-25-29-49(30-26-47)59-37-39(8-4)12-10-6-2)45-21-17-42(18-22-45)44-20-32-51-50-31-19-43(33-52(50)54(57)53(51)34-44)41-15-13-40(35-56)14-16-41/h13-35,38-39H,5-12,36-37H2,1-4H3. The minimum absolute atomic E-state index is 0.0307. The van der Waals surface area contributed by atoms with Gasteiger partial charge >= 0.3 is 0 Å². The number of carbonyl (C=O) groups is 2. The van der Waals surface area contributed by atoms with Crippen LogP contribution in [0.3, 0.4) is 0 Å². The highest BCUT2D eigenvalue weighted by Crippen LogP contribution is 2.42. The van der Waals surface area contributed by atoms with Crippen LogP contribution in [0.1, 0.15) is 105 Å². The van der Waals surface area contributed by atoms with E-state index in [1.165, 1.54) is 38.5 Å². The molecule has 0 bridgehead atoms. The molecular weight excluding hydrogens is 727 g/mol. The Morgan fingerprint density at radius 3 is 1.27 bits per heavy atom. The van der Waals surface area contributed by atoms with Crippen LogP contribution in [0.15, 0.2) is 133 Å². The summed E-state index contributed by atoms with van der Waals surface area (Å²) in [7, 11) is 0. The summed E-state index contributed by atoms with van der Waals surface area (Å²) in [5, 5.41) is 0. The van der Waals surface area contributed by atoms with Gasteiger partial charge in [0.1, 0.15) is 17.8 Å². The van der Waals surface area contributed by atoms with E-state index >= 15 is 0 Å². The zero-order valence-electron chi connectivity index (χ0n) is 35.1. The summed E-state index contributed by atoms with van der Waals surface area (Å²) in [4.78, 5) is 27.3. The Hall–Kier alpha value is -5.94. The normalized spacial score (nSPS) is 12.7. The molecule has 5 heteroatoms. The second kappa shape index (κ2) is 19.7. The van der Waals surface area contributed by atoms with E-state index in [1.54, 1.807) is 12.1 Å². The molecule has 1 aliphatic rings. The van der Waals surface area contributed by atoms with Gasteiger partial charge in [-0.1, -0.05) is 127 Å². The third-order valence-corrected chi connectivity index (χ3v) is 11.9. The Balaban J connectivity index is 1.13. The van der Waals surface area contributed by atoms with Crippen molar-refractivity contribution in [3.63, 3.8) is 0 Å². The van der Waals surface area contributed by atoms with Crippen LogP contribution in [-0.4, -0.2) is 25.3 Å². The Morgan fingerprint density at radius 2 is 0.881 bits per heavy atom. The molecule has 6 aromatic rings. The number of ether oxygens (including phenoxy) is 2.